The Hall–Kier alpha value is 0.806. The van der Waals surface area contributed by atoms with Crippen LogP contribution >= 0.6 is 15.2 Å². The number of hydrogen-bond donors (Lipinski definition) is 0. The fourth-order valence-corrected chi connectivity index (χ4v) is 2.75. The van der Waals surface area contributed by atoms with Crippen molar-refractivity contribution in [2.24, 2.45) is 0 Å². The summed E-state index contributed by atoms with van der Waals surface area (Å²) in [6.45, 7) is 11.3. The number of unbranched alkanes of at least 4 members (excludes halogenated alkanes) is 4. The van der Waals surface area contributed by atoms with E-state index in [2.05, 4.69) is 13.8 Å². The molecule has 0 aromatic heterocycles. The van der Waals surface area contributed by atoms with Crippen molar-refractivity contribution in [2.75, 3.05) is 13.2 Å². The molecule has 0 amide bonds. The van der Waals surface area contributed by atoms with Gasteiger partial charge in [-0.2, -0.15) is 0 Å². The molecule has 6 nitrogen and oxygen atoms in total. The fourth-order valence-electron chi connectivity index (χ4n) is 1.39. The maximum atomic E-state index is 11.1. The first-order valence-electron chi connectivity index (χ1n) is 8.91. The average molecular weight is 445 g/mol. The van der Waals surface area contributed by atoms with Crippen LogP contribution < -0.4 is 9.79 Å². The van der Waals surface area contributed by atoms with E-state index in [4.69, 9.17) is 9.05 Å². The van der Waals surface area contributed by atoms with Gasteiger partial charge in [0.15, 0.2) is 0 Å². The molecule has 0 rings (SSSR count). The molecular weight excluding hydrogens is 409 g/mol. The Morgan fingerprint density at radius 1 is 0.720 bits per heavy atom. The largest absolute Gasteiger partial charge is 2.00 e. The molecule has 0 aromatic rings. The zero-order valence-electron chi connectivity index (χ0n) is 16.5. The van der Waals surface area contributed by atoms with Crippen molar-refractivity contribution in [3.8, 4) is 0 Å². The third-order valence-electron chi connectivity index (χ3n) is 3.30. The first-order valence-corrected chi connectivity index (χ1v) is 12.1. The number of rotatable bonds is 12. The Morgan fingerprint density at radius 3 is 1.20 bits per heavy atom. The third-order valence-corrected chi connectivity index (χ3v) is 6.92. The van der Waals surface area contributed by atoms with Crippen molar-refractivity contribution in [1.29, 1.82) is 0 Å². The summed E-state index contributed by atoms with van der Waals surface area (Å²) >= 11 is 0. The van der Waals surface area contributed by atoms with Crippen LogP contribution in [0.1, 0.15) is 80.1 Å². The van der Waals surface area contributed by atoms with Gasteiger partial charge in [-0.05, 0) is 12.8 Å². The molecule has 0 aliphatic heterocycles. The van der Waals surface area contributed by atoms with Crippen LogP contribution in [0.15, 0.2) is 0 Å². The number of hydrogen-bond acceptors (Lipinski definition) is 6. The van der Waals surface area contributed by atoms with E-state index in [1.165, 1.54) is 0 Å². The summed E-state index contributed by atoms with van der Waals surface area (Å²) in [6, 6.07) is 0. The van der Waals surface area contributed by atoms with Crippen LogP contribution in [0.5, 0.6) is 0 Å². The predicted octanol–water partition coefficient (Wildman–Crippen LogP) is 4.31. The van der Waals surface area contributed by atoms with E-state index < -0.39 is 26.5 Å². The summed E-state index contributed by atoms with van der Waals surface area (Å²) in [5.41, 5.74) is -0.807. The molecule has 1 radical (unpaired) electrons. The Kier molecular flexibility index (Phi) is 20.7. The van der Waals surface area contributed by atoms with Gasteiger partial charge in [-0.1, -0.05) is 67.2 Å². The topological polar surface area (TPSA) is 98.7 Å². The van der Waals surface area contributed by atoms with Crippen LogP contribution in [-0.4, -0.2) is 24.5 Å². The second-order valence-electron chi connectivity index (χ2n) is 6.35. The van der Waals surface area contributed by atoms with Gasteiger partial charge in [-0.3, -0.25) is 0 Å². The van der Waals surface area contributed by atoms with Crippen LogP contribution in [0.4, 0.5) is 0 Å². The molecule has 2 atom stereocenters. The standard InChI is InChI=1S/2C8H19O3P.Co/c2*1-4-5-6-7-11-12(9,10)8(2)3;/h2*8H,4-7H2,1-3H3,(H,9,10);/q;;+2/p-2. The molecule has 0 heterocycles. The van der Waals surface area contributed by atoms with E-state index in [-0.39, 0.29) is 16.8 Å². The zero-order valence-corrected chi connectivity index (χ0v) is 19.3. The van der Waals surface area contributed by atoms with Crippen molar-refractivity contribution in [2.45, 2.75) is 91.4 Å². The summed E-state index contributed by atoms with van der Waals surface area (Å²) in [5.74, 6) is 0. The van der Waals surface area contributed by atoms with Crippen molar-refractivity contribution in [3.63, 3.8) is 0 Å². The first-order chi connectivity index (χ1) is 11.0. The van der Waals surface area contributed by atoms with Crippen molar-refractivity contribution in [3.05, 3.63) is 0 Å². The monoisotopic (exact) mass is 445 g/mol. The second-order valence-corrected chi connectivity index (χ2v) is 11.1. The molecule has 2 unspecified atom stereocenters. The van der Waals surface area contributed by atoms with Gasteiger partial charge in [0.2, 0.25) is 0 Å². The van der Waals surface area contributed by atoms with E-state index in [0.29, 0.717) is 13.2 Å². The molecule has 0 fully saturated rings. The summed E-state index contributed by atoms with van der Waals surface area (Å²) in [4.78, 5) is 22.2. The van der Waals surface area contributed by atoms with E-state index in [9.17, 15) is 18.9 Å². The minimum absolute atomic E-state index is 0. The van der Waals surface area contributed by atoms with Gasteiger partial charge in [0.25, 0.3) is 0 Å². The first kappa shape index (κ1) is 30.5. The molecule has 155 valence electrons. The van der Waals surface area contributed by atoms with Crippen molar-refractivity contribution in [1.82, 2.24) is 0 Å². The smallest absolute Gasteiger partial charge is 0.778 e. The molecule has 0 aromatic carbocycles. The normalized spacial score (nSPS) is 15.8. The third kappa shape index (κ3) is 18.0. The van der Waals surface area contributed by atoms with Crippen LogP contribution in [-0.2, 0) is 35.0 Å². The molecule has 9 heteroatoms. The summed E-state index contributed by atoms with van der Waals surface area (Å²) in [6.07, 6.45) is 5.86. The van der Waals surface area contributed by atoms with Gasteiger partial charge in [0, 0.05) is 11.3 Å². The van der Waals surface area contributed by atoms with Crippen LogP contribution in [0.25, 0.3) is 0 Å². The van der Waals surface area contributed by atoms with Gasteiger partial charge in [-0.15, -0.1) is 0 Å². The van der Waals surface area contributed by atoms with E-state index >= 15 is 0 Å². The molecule has 0 bridgehead atoms. The molecule has 0 aliphatic rings. The molecule has 0 saturated carbocycles. The maximum Gasteiger partial charge on any atom is 2.00 e. The SMILES string of the molecule is CCCCCOP(=O)([O-])C(C)C.CCCCCOP(=O)([O-])C(C)C.[Co+2]. The average Bonchev–Trinajstić information content (AvgIpc) is 2.48. The minimum atomic E-state index is -3.55. The summed E-state index contributed by atoms with van der Waals surface area (Å²) in [5, 5.41) is 0. The molecule has 0 aliphatic carbocycles. The van der Waals surface area contributed by atoms with Gasteiger partial charge < -0.3 is 28.0 Å². The van der Waals surface area contributed by atoms with Gasteiger partial charge in [0.05, 0.1) is 13.2 Å². The molecule has 0 saturated heterocycles. The Labute approximate surface area is 164 Å². The second kappa shape index (κ2) is 16.9. The molecular formula is C16H36CoO6P2. The van der Waals surface area contributed by atoms with Crippen molar-refractivity contribution < 1.29 is 44.7 Å². The van der Waals surface area contributed by atoms with Gasteiger partial charge in [0.1, 0.15) is 15.2 Å². The Bertz CT molecular complexity index is 355. The van der Waals surface area contributed by atoms with Gasteiger partial charge in [-0.25, -0.2) is 0 Å². The Morgan fingerprint density at radius 2 is 1.00 bits per heavy atom. The van der Waals surface area contributed by atoms with E-state index in [1.807, 2.05) is 0 Å². The maximum absolute atomic E-state index is 11.1. The minimum Gasteiger partial charge on any atom is -0.778 e. The van der Waals surface area contributed by atoms with Crippen LogP contribution in [0.2, 0.25) is 0 Å². The fraction of sp³-hybridized carbons (Fsp3) is 1.00. The zero-order chi connectivity index (χ0) is 19.2. The quantitative estimate of drug-likeness (QED) is 0.328. The summed E-state index contributed by atoms with van der Waals surface area (Å²) in [7, 11) is -7.11. The van der Waals surface area contributed by atoms with E-state index in [1.54, 1.807) is 27.7 Å². The summed E-state index contributed by atoms with van der Waals surface area (Å²) < 4.78 is 31.8. The van der Waals surface area contributed by atoms with Crippen LogP contribution in [0.3, 0.4) is 0 Å². The molecule has 0 spiro atoms. The Balaban J connectivity index is -0.000000372. The van der Waals surface area contributed by atoms with Gasteiger partial charge >= 0.3 is 16.8 Å². The van der Waals surface area contributed by atoms with Crippen LogP contribution in [0, 0.1) is 0 Å². The van der Waals surface area contributed by atoms with E-state index in [0.717, 1.165) is 38.5 Å². The predicted molar refractivity (Wildman–Crippen MR) is 96.4 cm³/mol. The molecule has 0 N–H and O–H groups in total. The molecule has 25 heavy (non-hydrogen) atoms. The van der Waals surface area contributed by atoms with Crippen molar-refractivity contribution >= 4 is 15.2 Å².